The van der Waals surface area contributed by atoms with Crippen LogP contribution in [-0.2, 0) is 10.3 Å². The van der Waals surface area contributed by atoms with E-state index in [1.54, 1.807) is 31.2 Å². The molecule has 0 amide bonds. The van der Waals surface area contributed by atoms with Crippen LogP contribution in [0.2, 0.25) is 0 Å². The predicted octanol–water partition coefficient (Wildman–Crippen LogP) is 5.37. The first-order valence-electron chi connectivity index (χ1n) is 9.81. The predicted molar refractivity (Wildman–Crippen MR) is 124 cm³/mol. The molecule has 0 aliphatic heterocycles. The summed E-state index contributed by atoms with van der Waals surface area (Å²) in [4.78, 5) is 21.6. The van der Waals surface area contributed by atoms with Crippen LogP contribution in [0.15, 0.2) is 72.8 Å². The molecule has 154 valence electrons. The van der Waals surface area contributed by atoms with Crippen molar-refractivity contribution in [2.24, 2.45) is 0 Å². The quantitative estimate of drug-likeness (QED) is 0.368. The summed E-state index contributed by atoms with van der Waals surface area (Å²) < 4.78 is 7.05. The molecule has 3 aromatic carbocycles. The van der Waals surface area contributed by atoms with Crippen LogP contribution in [0, 0.1) is 0 Å². The molecule has 1 N–H and O–H groups in total. The number of aliphatic hydroxyl groups is 1. The number of nitrogens with zero attached hydrogens (tertiary/aromatic N) is 2. The normalized spacial score (nSPS) is 11.8. The van der Waals surface area contributed by atoms with Gasteiger partial charge in [0, 0.05) is 0 Å². The number of thiazole rings is 2. The Labute approximate surface area is 186 Å². The van der Waals surface area contributed by atoms with E-state index in [1.807, 2.05) is 48.5 Å². The number of carbonyl (C=O) groups is 1. The van der Waals surface area contributed by atoms with Gasteiger partial charge in [-0.15, -0.1) is 22.7 Å². The topological polar surface area (TPSA) is 72.3 Å². The minimum Gasteiger partial charge on any atom is -0.462 e. The number of hydrogen-bond donors (Lipinski definition) is 1. The van der Waals surface area contributed by atoms with Crippen LogP contribution < -0.4 is 0 Å². The van der Waals surface area contributed by atoms with Gasteiger partial charge in [-0.05, 0) is 48.9 Å². The van der Waals surface area contributed by atoms with Crippen molar-refractivity contribution in [2.45, 2.75) is 12.5 Å². The Morgan fingerprint density at radius 2 is 1.39 bits per heavy atom. The Bertz CT molecular complexity index is 1250. The number of benzene rings is 3. The van der Waals surface area contributed by atoms with Gasteiger partial charge < -0.3 is 9.84 Å². The number of para-hydroxylation sites is 2. The molecular formula is C24H18N2O3S2. The third-order valence-corrected chi connectivity index (χ3v) is 7.31. The summed E-state index contributed by atoms with van der Waals surface area (Å²) in [6.45, 7) is 2.08. The molecular weight excluding hydrogens is 428 g/mol. The zero-order chi connectivity index (χ0) is 21.4. The molecule has 0 bridgehead atoms. The molecule has 2 heterocycles. The van der Waals surface area contributed by atoms with E-state index in [4.69, 9.17) is 14.7 Å². The van der Waals surface area contributed by atoms with Crippen molar-refractivity contribution in [2.75, 3.05) is 6.61 Å². The minimum absolute atomic E-state index is 0.307. The van der Waals surface area contributed by atoms with Crippen molar-refractivity contribution < 1.29 is 14.6 Å². The minimum atomic E-state index is -1.54. The third-order valence-electron chi connectivity index (χ3n) is 5.02. The maximum atomic E-state index is 12.1. The van der Waals surface area contributed by atoms with Gasteiger partial charge in [0.15, 0.2) is 5.60 Å². The summed E-state index contributed by atoms with van der Waals surface area (Å²) in [7, 11) is 0. The second kappa shape index (κ2) is 7.85. The second-order valence-electron chi connectivity index (χ2n) is 6.98. The van der Waals surface area contributed by atoms with Gasteiger partial charge in [-0.3, -0.25) is 0 Å². The molecule has 0 aliphatic rings. The van der Waals surface area contributed by atoms with E-state index in [9.17, 15) is 9.90 Å². The summed E-state index contributed by atoms with van der Waals surface area (Å²) in [5.74, 6) is -0.391. The Kier molecular flexibility index (Phi) is 5.02. The van der Waals surface area contributed by atoms with Crippen molar-refractivity contribution in [1.29, 1.82) is 0 Å². The molecule has 31 heavy (non-hydrogen) atoms. The van der Waals surface area contributed by atoms with Gasteiger partial charge >= 0.3 is 5.97 Å². The molecule has 2 aromatic heterocycles. The van der Waals surface area contributed by atoms with Gasteiger partial charge in [-0.1, -0.05) is 36.4 Å². The van der Waals surface area contributed by atoms with Gasteiger partial charge in [0.1, 0.15) is 10.0 Å². The van der Waals surface area contributed by atoms with E-state index in [-0.39, 0.29) is 0 Å². The lowest BCUT2D eigenvalue weighted by Crippen LogP contribution is -2.28. The molecule has 0 saturated heterocycles. The molecule has 0 spiro atoms. The fraction of sp³-hybridized carbons (Fsp3) is 0.125. The van der Waals surface area contributed by atoms with Crippen LogP contribution in [0.25, 0.3) is 20.4 Å². The lowest BCUT2D eigenvalue weighted by Gasteiger charge is -2.24. The fourth-order valence-electron chi connectivity index (χ4n) is 3.45. The highest BCUT2D eigenvalue weighted by molar-refractivity contribution is 7.20. The first-order chi connectivity index (χ1) is 15.1. The second-order valence-corrected chi connectivity index (χ2v) is 9.04. The Balaban J connectivity index is 1.69. The highest BCUT2D eigenvalue weighted by Crippen LogP contribution is 2.43. The number of carbonyl (C=O) groups excluding carboxylic acids is 1. The monoisotopic (exact) mass is 446 g/mol. The number of fused-ring (bicyclic) bond motifs is 2. The number of ether oxygens (including phenoxy) is 1. The number of aromatic nitrogens is 2. The zero-order valence-corrected chi connectivity index (χ0v) is 18.2. The Morgan fingerprint density at radius 1 is 0.871 bits per heavy atom. The largest absolute Gasteiger partial charge is 0.462 e. The highest BCUT2D eigenvalue weighted by Gasteiger charge is 2.40. The van der Waals surface area contributed by atoms with E-state index in [2.05, 4.69) is 0 Å². The van der Waals surface area contributed by atoms with Crippen LogP contribution in [0.4, 0.5) is 0 Å². The number of esters is 1. The molecule has 7 heteroatoms. The zero-order valence-electron chi connectivity index (χ0n) is 16.6. The van der Waals surface area contributed by atoms with Gasteiger partial charge in [-0.2, -0.15) is 0 Å². The van der Waals surface area contributed by atoms with Crippen molar-refractivity contribution in [1.82, 2.24) is 9.97 Å². The molecule has 0 saturated carbocycles. The van der Waals surface area contributed by atoms with Crippen LogP contribution in [-0.4, -0.2) is 27.7 Å². The van der Waals surface area contributed by atoms with Crippen LogP contribution >= 0.6 is 22.7 Å². The SMILES string of the molecule is CCOC(=O)c1ccc(C(O)(c2nc3ccccc3s2)c2nc3ccccc3s2)cc1. The summed E-state index contributed by atoms with van der Waals surface area (Å²) in [6.07, 6.45) is 0. The average molecular weight is 447 g/mol. The molecule has 5 aromatic rings. The Morgan fingerprint density at radius 3 is 1.87 bits per heavy atom. The van der Waals surface area contributed by atoms with Crippen molar-refractivity contribution in [3.8, 4) is 0 Å². The first kappa shape index (κ1) is 19.8. The molecule has 0 atom stereocenters. The van der Waals surface area contributed by atoms with Crippen molar-refractivity contribution in [3.05, 3.63) is 93.9 Å². The van der Waals surface area contributed by atoms with Crippen molar-refractivity contribution >= 4 is 49.1 Å². The molecule has 5 nitrogen and oxygen atoms in total. The standard InChI is InChI=1S/C24H18N2O3S2/c1-2-29-21(27)15-11-13-16(14-12-15)24(28,22-25-17-7-3-5-9-19(17)30-22)23-26-18-8-4-6-10-20(18)31-23/h3-14,28H,2H2,1H3. The molecule has 0 fully saturated rings. The van der Waals surface area contributed by atoms with E-state index in [1.165, 1.54) is 22.7 Å². The Hall–Kier alpha value is -3.13. The van der Waals surface area contributed by atoms with Crippen LogP contribution in [0.5, 0.6) is 0 Å². The molecule has 0 unspecified atom stereocenters. The van der Waals surface area contributed by atoms with Crippen LogP contribution in [0.3, 0.4) is 0 Å². The summed E-state index contributed by atoms with van der Waals surface area (Å²) in [6, 6.07) is 22.4. The van der Waals surface area contributed by atoms with Gasteiger partial charge in [0.2, 0.25) is 0 Å². The number of rotatable bonds is 5. The lowest BCUT2D eigenvalue weighted by atomic mass is 9.94. The van der Waals surface area contributed by atoms with E-state index in [0.29, 0.717) is 27.7 Å². The molecule has 5 rings (SSSR count). The van der Waals surface area contributed by atoms with Gasteiger partial charge in [0.05, 0.1) is 32.6 Å². The summed E-state index contributed by atoms with van der Waals surface area (Å²) >= 11 is 2.87. The van der Waals surface area contributed by atoms with Crippen LogP contribution in [0.1, 0.15) is 32.9 Å². The van der Waals surface area contributed by atoms with Crippen molar-refractivity contribution in [3.63, 3.8) is 0 Å². The maximum absolute atomic E-state index is 12.1. The third kappa shape index (κ3) is 3.40. The van der Waals surface area contributed by atoms with Gasteiger partial charge in [0.25, 0.3) is 0 Å². The number of hydrogen-bond acceptors (Lipinski definition) is 7. The van der Waals surface area contributed by atoms with Gasteiger partial charge in [-0.25, -0.2) is 14.8 Å². The van der Waals surface area contributed by atoms with E-state index >= 15 is 0 Å². The smallest absolute Gasteiger partial charge is 0.338 e. The van der Waals surface area contributed by atoms with E-state index < -0.39 is 11.6 Å². The lowest BCUT2D eigenvalue weighted by molar-refractivity contribution is 0.0526. The first-order valence-corrected chi connectivity index (χ1v) is 11.4. The summed E-state index contributed by atoms with van der Waals surface area (Å²) in [5.41, 5.74) is 1.14. The highest BCUT2D eigenvalue weighted by atomic mass is 32.1. The maximum Gasteiger partial charge on any atom is 0.338 e. The average Bonchev–Trinajstić information content (AvgIpc) is 3.43. The fourth-order valence-corrected chi connectivity index (χ4v) is 5.68. The van der Waals surface area contributed by atoms with E-state index in [0.717, 1.165) is 20.4 Å². The molecule has 0 radical (unpaired) electrons. The molecule has 0 aliphatic carbocycles. The summed E-state index contributed by atoms with van der Waals surface area (Å²) in [5, 5.41) is 13.2.